The molecule has 0 aliphatic carbocycles. The minimum absolute atomic E-state index is 0.323. The van der Waals surface area contributed by atoms with Gasteiger partial charge in [0.1, 0.15) is 0 Å². The Labute approximate surface area is 70.5 Å². The summed E-state index contributed by atoms with van der Waals surface area (Å²) in [6, 6.07) is 0. The van der Waals surface area contributed by atoms with E-state index in [-0.39, 0.29) is 5.76 Å². The highest BCUT2D eigenvalue weighted by molar-refractivity contribution is 5.88. The van der Waals surface area contributed by atoms with E-state index >= 15 is 0 Å². The first-order chi connectivity index (χ1) is 5.49. The molecule has 0 spiro atoms. The van der Waals surface area contributed by atoms with Crippen LogP contribution >= 0.6 is 0 Å². The third-order valence-corrected chi connectivity index (χ3v) is 0.989. The first-order valence-corrected chi connectivity index (χ1v) is 3.15. The Balaban J connectivity index is 4.02. The molecule has 0 aromatic rings. The number of hydrogen-bond donors (Lipinski definition) is 0. The number of carbonyl (C=O) groups is 2. The van der Waals surface area contributed by atoms with Gasteiger partial charge in [-0.15, -0.1) is 0 Å². The molecule has 0 unspecified atom stereocenters. The van der Waals surface area contributed by atoms with Gasteiger partial charge in [0.2, 0.25) is 5.76 Å². The molecule has 1 amide bonds. The van der Waals surface area contributed by atoms with E-state index < -0.39 is 12.1 Å². The van der Waals surface area contributed by atoms with Crippen molar-refractivity contribution in [1.82, 2.24) is 4.90 Å². The van der Waals surface area contributed by atoms with Gasteiger partial charge in [0.15, 0.2) is 0 Å². The molecule has 12 heavy (non-hydrogen) atoms. The van der Waals surface area contributed by atoms with Gasteiger partial charge in [-0.1, -0.05) is 0 Å². The number of hydrogen-bond acceptors (Lipinski definition) is 4. The molecule has 5 heteroatoms. The summed E-state index contributed by atoms with van der Waals surface area (Å²) >= 11 is 0. The summed E-state index contributed by atoms with van der Waals surface area (Å²) in [4.78, 5) is 22.6. The summed E-state index contributed by atoms with van der Waals surface area (Å²) < 4.78 is 8.74. The van der Waals surface area contributed by atoms with E-state index in [1.165, 1.54) is 26.1 Å². The average molecular weight is 173 g/mol. The fourth-order valence-electron chi connectivity index (χ4n) is 0.352. The predicted octanol–water partition coefficient (Wildman–Crippen LogP) is 0.371. The molecular weight excluding hydrogens is 162 g/mol. The number of nitrogens with zero attached hydrogens (tertiary/aromatic N) is 1. The first kappa shape index (κ1) is 10.5. The number of carbonyl (C=O) groups excluding carboxylic acids is 2. The minimum atomic E-state index is -0.759. The molecule has 0 atom stereocenters. The van der Waals surface area contributed by atoms with Gasteiger partial charge in [0.05, 0.1) is 7.11 Å². The van der Waals surface area contributed by atoms with Crippen LogP contribution in [-0.4, -0.2) is 38.2 Å². The van der Waals surface area contributed by atoms with Crippen molar-refractivity contribution in [2.24, 2.45) is 0 Å². The maximum absolute atomic E-state index is 10.8. The second-order valence-electron chi connectivity index (χ2n) is 2.18. The van der Waals surface area contributed by atoms with Crippen molar-refractivity contribution in [1.29, 1.82) is 0 Å². The van der Waals surface area contributed by atoms with E-state index in [1.54, 1.807) is 0 Å². The topological polar surface area (TPSA) is 55.8 Å². The van der Waals surface area contributed by atoms with E-state index in [1.807, 2.05) is 0 Å². The van der Waals surface area contributed by atoms with Crippen LogP contribution in [-0.2, 0) is 14.3 Å². The molecule has 0 radical (unpaired) electrons. The second kappa shape index (κ2) is 4.38. The van der Waals surface area contributed by atoms with Gasteiger partial charge in [-0.2, -0.15) is 0 Å². The summed E-state index contributed by atoms with van der Waals surface area (Å²) in [5.41, 5.74) is 0. The zero-order valence-corrected chi connectivity index (χ0v) is 7.29. The molecule has 0 aliphatic heterocycles. The van der Waals surface area contributed by atoms with E-state index in [0.29, 0.717) is 0 Å². The Morgan fingerprint density at radius 2 is 1.83 bits per heavy atom. The maximum Gasteiger partial charge on any atom is 0.414 e. The Kier molecular flexibility index (Phi) is 3.82. The van der Waals surface area contributed by atoms with Gasteiger partial charge in [0, 0.05) is 14.1 Å². The predicted molar refractivity (Wildman–Crippen MR) is 41.3 cm³/mol. The normalized spacial score (nSPS) is 8.58. The Morgan fingerprint density at radius 1 is 1.33 bits per heavy atom. The van der Waals surface area contributed by atoms with Crippen LogP contribution in [0.1, 0.15) is 0 Å². The lowest BCUT2D eigenvalue weighted by molar-refractivity contribution is -0.139. The molecule has 0 heterocycles. The summed E-state index contributed by atoms with van der Waals surface area (Å²) in [7, 11) is 4.16. The molecule has 0 aromatic carbocycles. The fraction of sp³-hybridized carbons (Fsp3) is 0.429. The number of ether oxygens (including phenoxy) is 2. The second-order valence-corrected chi connectivity index (χ2v) is 2.18. The third-order valence-electron chi connectivity index (χ3n) is 0.989. The minimum Gasteiger partial charge on any atom is -0.463 e. The zero-order chi connectivity index (χ0) is 9.72. The van der Waals surface area contributed by atoms with E-state index in [2.05, 4.69) is 16.1 Å². The van der Waals surface area contributed by atoms with E-state index in [0.717, 1.165) is 0 Å². The molecule has 0 fully saturated rings. The zero-order valence-electron chi connectivity index (χ0n) is 7.29. The Bertz CT molecular complexity index is 209. The smallest absolute Gasteiger partial charge is 0.414 e. The highest BCUT2D eigenvalue weighted by Gasteiger charge is 2.13. The molecule has 0 aliphatic rings. The molecule has 0 N–H and O–H groups in total. The monoisotopic (exact) mass is 173 g/mol. The van der Waals surface area contributed by atoms with Crippen LogP contribution in [0, 0.1) is 0 Å². The summed E-state index contributed by atoms with van der Waals surface area (Å²) in [6.07, 6.45) is -0.662. The highest BCUT2D eigenvalue weighted by Crippen LogP contribution is 1.98. The number of methoxy groups -OCH3 is 1. The van der Waals surface area contributed by atoms with Crippen LogP contribution in [0.5, 0.6) is 0 Å². The lowest BCUT2D eigenvalue weighted by Gasteiger charge is -2.10. The van der Waals surface area contributed by atoms with Crippen LogP contribution in [0.3, 0.4) is 0 Å². The van der Waals surface area contributed by atoms with Gasteiger partial charge >= 0.3 is 12.1 Å². The SMILES string of the molecule is C=C(OC(=O)N(C)C)C(=O)OC. The van der Waals surface area contributed by atoms with Crippen molar-refractivity contribution >= 4 is 12.1 Å². The first-order valence-electron chi connectivity index (χ1n) is 3.15. The maximum atomic E-state index is 10.8. The lowest BCUT2D eigenvalue weighted by Crippen LogP contribution is -2.24. The quantitative estimate of drug-likeness (QED) is 0.344. The number of rotatable bonds is 2. The van der Waals surface area contributed by atoms with Crippen molar-refractivity contribution in [3.63, 3.8) is 0 Å². The van der Waals surface area contributed by atoms with Crippen molar-refractivity contribution < 1.29 is 19.1 Å². The van der Waals surface area contributed by atoms with Gasteiger partial charge < -0.3 is 14.4 Å². The van der Waals surface area contributed by atoms with E-state index in [4.69, 9.17) is 0 Å². The third kappa shape index (κ3) is 3.05. The molecule has 68 valence electrons. The highest BCUT2D eigenvalue weighted by atomic mass is 16.6. The van der Waals surface area contributed by atoms with Crippen molar-refractivity contribution in [3.8, 4) is 0 Å². The van der Waals surface area contributed by atoms with Gasteiger partial charge in [0.25, 0.3) is 0 Å². The van der Waals surface area contributed by atoms with Crippen LogP contribution in [0.25, 0.3) is 0 Å². The van der Waals surface area contributed by atoms with Crippen LogP contribution in [0.4, 0.5) is 4.79 Å². The molecule has 0 aromatic heterocycles. The van der Waals surface area contributed by atoms with Crippen molar-refractivity contribution in [2.45, 2.75) is 0 Å². The van der Waals surface area contributed by atoms with Crippen molar-refractivity contribution in [2.75, 3.05) is 21.2 Å². The van der Waals surface area contributed by atoms with Crippen LogP contribution < -0.4 is 0 Å². The average Bonchev–Trinajstić information content (AvgIpc) is 2.02. The standard InChI is InChI=1S/C7H11NO4/c1-5(6(9)11-4)12-7(10)8(2)3/h1H2,2-4H3. The van der Waals surface area contributed by atoms with Crippen molar-refractivity contribution in [3.05, 3.63) is 12.3 Å². The largest absolute Gasteiger partial charge is 0.463 e. The van der Waals surface area contributed by atoms with Crippen LogP contribution in [0.2, 0.25) is 0 Å². The Hall–Kier alpha value is -1.52. The van der Waals surface area contributed by atoms with Gasteiger partial charge in [-0.3, -0.25) is 0 Å². The van der Waals surface area contributed by atoms with Gasteiger partial charge in [-0.05, 0) is 6.58 Å². The molecule has 0 rings (SSSR count). The molecule has 0 saturated heterocycles. The van der Waals surface area contributed by atoms with Crippen LogP contribution in [0.15, 0.2) is 12.3 Å². The molecule has 0 bridgehead atoms. The molecule has 5 nitrogen and oxygen atoms in total. The van der Waals surface area contributed by atoms with E-state index in [9.17, 15) is 9.59 Å². The van der Waals surface area contributed by atoms with Gasteiger partial charge in [-0.25, -0.2) is 9.59 Å². The summed E-state index contributed by atoms with van der Waals surface area (Å²) in [6.45, 7) is 3.20. The number of esters is 1. The molecular formula is C7H11NO4. The lowest BCUT2D eigenvalue weighted by atomic mass is 10.6. The fourth-order valence-corrected chi connectivity index (χ4v) is 0.352. The summed E-state index contributed by atoms with van der Waals surface area (Å²) in [5, 5.41) is 0. The molecule has 0 saturated carbocycles. The summed E-state index contributed by atoms with van der Waals surface area (Å²) in [5.74, 6) is -1.08. The number of amides is 1. The Morgan fingerprint density at radius 3 is 2.17 bits per heavy atom.